The molecule has 7 aromatic heterocycles. The highest BCUT2D eigenvalue weighted by Gasteiger charge is 2.45. The van der Waals surface area contributed by atoms with Crippen LogP contribution in [0.3, 0.4) is 0 Å². The Morgan fingerprint density at radius 2 is 1.31 bits per heavy atom. The number of piperazine rings is 1. The highest BCUT2D eigenvalue weighted by atomic mass is 32.1. The summed E-state index contributed by atoms with van der Waals surface area (Å²) in [4.78, 5) is 122. The number of nitrogens with zero attached hydrogens (tertiary/aromatic N) is 10. The molecule has 9 aromatic rings. The van der Waals surface area contributed by atoms with Gasteiger partial charge in [0.15, 0.2) is 0 Å². The van der Waals surface area contributed by atoms with E-state index >= 15 is 4.79 Å². The number of aromatic hydroxyl groups is 1. The molecule has 0 aliphatic carbocycles. The van der Waals surface area contributed by atoms with Gasteiger partial charge < -0.3 is 46.8 Å². The minimum atomic E-state index is -1.41. The Morgan fingerprint density at radius 1 is 0.667 bits per heavy atom. The summed E-state index contributed by atoms with van der Waals surface area (Å²) in [5.74, 6) is 1.76. The minimum Gasteiger partial charge on any atom is -0.508 e. The second-order valence-electron chi connectivity index (χ2n) is 20.9. The van der Waals surface area contributed by atoms with E-state index in [0.717, 1.165) is 34.0 Å². The number of fused-ring (bicyclic) bond motifs is 16. The lowest BCUT2D eigenvalue weighted by molar-refractivity contribution is -0.134. The summed E-state index contributed by atoms with van der Waals surface area (Å²) in [6.07, 6.45) is -2.80. The van der Waals surface area contributed by atoms with Gasteiger partial charge in [-0.1, -0.05) is 49.4 Å². The Bertz CT molecular complexity index is 4080. The maximum atomic E-state index is 15.2. The molecule has 30 heteroatoms. The summed E-state index contributed by atoms with van der Waals surface area (Å²) in [5, 5.41) is 54.4. The van der Waals surface area contributed by atoms with E-state index in [1.807, 2.05) is 17.7 Å². The van der Waals surface area contributed by atoms with Crippen molar-refractivity contribution in [3.63, 3.8) is 0 Å². The number of aryl methyl sites for hydroxylation is 1. The summed E-state index contributed by atoms with van der Waals surface area (Å²) < 4.78 is 0. The van der Waals surface area contributed by atoms with E-state index in [4.69, 9.17) is 36.5 Å². The molecular weight excluding hydrogens is 1230 g/mol. The lowest BCUT2D eigenvalue weighted by atomic mass is 10.00. The maximum Gasteiger partial charge on any atom is 0.273 e. The smallest absolute Gasteiger partial charge is 0.273 e. The fourth-order valence-corrected chi connectivity index (χ4v) is 15.7. The van der Waals surface area contributed by atoms with Crippen LogP contribution < -0.4 is 27.5 Å². The molecule has 0 saturated carbocycles. The first-order valence-electron chi connectivity index (χ1n) is 27.2. The first-order valence-corrected chi connectivity index (χ1v) is 32.4. The molecule has 7 atom stereocenters. The number of nitrogens with two attached hydrogens (primary N) is 2. The topological polar surface area (TPSA) is 351 Å². The molecule has 12 rings (SSSR count). The summed E-state index contributed by atoms with van der Waals surface area (Å²) in [6, 6.07) is 13.9. The van der Waals surface area contributed by atoms with Gasteiger partial charge in [-0.05, 0) is 42.3 Å². The van der Waals surface area contributed by atoms with E-state index in [9.17, 15) is 39.3 Å². The Balaban J connectivity index is 0.948. The van der Waals surface area contributed by atoms with E-state index < -0.39 is 78.2 Å². The third-order valence-electron chi connectivity index (χ3n) is 15.0. The largest absolute Gasteiger partial charge is 0.508 e. The van der Waals surface area contributed by atoms with Gasteiger partial charge in [0.2, 0.25) is 11.8 Å². The van der Waals surface area contributed by atoms with Crippen molar-refractivity contribution in [3.05, 3.63) is 147 Å². The van der Waals surface area contributed by atoms with Crippen LogP contribution in [0.25, 0.3) is 43.4 Å². The molecule has 10 N–H and O–H groups in total. The fraction of sp³-hybridized carbons (Fsp3) is 0.281. The van der Waals surface area contributed by atoms with Gasteiger partial charge in [-0.15, -0.1) is 68.0 Å². The van der Waals surface area contributed by atoms with Gasteiger partial charge in [-0.2, -0.15) is 0 Å². The van der Waals surface area contributed by atoms with Crippen molar-refractivity contribution in [1.29, 1.82) is 0 Å². The van der Waals surface area contributed by atoms with E-state index in [1.54, 1.807) is 82.2 Å². The lowest BCUT2D eigenvalue weighted by Gasteiger charge is -2.31. The van der Waals surface area contributed by atoms with Gasteiger partial charge in [0.1, 0.15) is 93.8 Å². The molecule has 3 aliphatic heterocycles. The zero-order chi connectivity index (χ0) is 60.8. The summed E-state index contributed by atoms with van der Waals surface area (Å²) >= 11 is 7.02. The number of thiazole rings is 6. The maximum absolute atomic E-state index is 15.2. The number of hydrogen-bond donors (Lipinski definition) is 8. The molecular formula is C57H53N15O9S6. The highest BCUT2D eigenvalue weighted by Crippen LogP contribution is 2.43. The second-order valence-corrected chi connectivity index (χ2v) is 26.5. The minimum absolute atomic E-state index is 0.000257. The Kier molecular flexibility index (Phi) is 16.9. The average molecular weight is 1280 g/mol. The number of phenols is 1. The van der Waals surface area contributed by atoms with Crippen molar-refractivity contribution < 1.29 is 44.1 Å². The van der Waals surface area contributed by atoms with Gasteiger partial charge in [-0.25, -0.2) is 39.9 Å². The molecule has 2 aromatic carbocycles. The first-order chi connectivity index (χ1) is 41.9. The molecule has 0 radical (unpaired) electrons. The number of hydrazine groups is 1. The van der Waals surface area contributed by atoms with Crippen LogP contribution in [0.5, 0.6) is 5.75 Å². The second kappa shape index (κ2) is 24.9. The quantitative estimate of drug-likeness (QED) is 0.0818. The fourth-order valence-electron chi connectivity index (χ4n) is 10.4. The molecule has 0 unspecified atom stereocenters. The van der Waals surface area contributed by atoms with Gasteiger partial charge in [-0.3, -0.25) is 34.6 Å². The Hall–Kier alpha value is -8.17. The summed E-state index contributed by atoms with van der Waals surface area (Å²) in [7, 11) is 0. The molecule has 87 heavy (non-hydrogen) atoms. The Morgan fingerprint density at radius 3 is 2.07 bits per heavy atom. The molecule has 0 spiro atoms. The number of carbonyl (C=O) groups excluding carboxylic acids is 6. The molecule has 10 heterocycles. The third-order valence-corrected chi connectivity index (χ3v) is 20.6. The first kappa shape index (κ1) is 59.2. The molecule has 2 fully saturated rings. The zero-order valence-electron chi connectivity index (χ0n) is 46.1. The molecule has 10 bridgehead atoms. The van der Waals surface area contributed by atoms with Crippen LogP contribution in [-0.2, 0) is 16.0 Å². The summed E-state index contributed by atoms with van der Waals surface area (Å²) in [6.45, 7) is 5.33. The number of rotatable bonds is 8. The van der Waals surface area contributed by atoms with Crippen molar-refractivity contribution in [2.75, 3.05) is 32.7 Å². The number of aliphatic hydroxyl groups excluding tert-OH is 2. The van der Waals surface area contributed by atoms with Crippen LogP contribution in [0.1, 0.15) is 111 Å². The number of benzene rings is 2. The zero-order valence-corrected chi connectivity index (χ0v) is 51.0. The van der Waals surface area contributed by atoms with Gasteiger partial charge in [0.25, 0.3) is 23.6 Å². The number of pyridine rings is 1. The standard InChI is InChI=1S/C57H53N15O9S6/c1-26-40(74)20-72-45(26)55-66-38(24-86-55)52-63-35(21-83-52)43-31(12-13-32(60-43)51-67-39(25-84-51)56(80)70-14-16-71(59)17-15-70)50-64-36(22-82-50)47(77)61-33(19-41(58)75)53-69-42(27(2)87-53)49(79)68-44(46(76)29-6-4-3-5-7-29)54-65-37(23-85-54)48(78)62-34(57(72)81)18-28-8-10-30(73)11-9-28/h3-13,21-26,33-34,40,44-46,73-74,76H,14-20,59H2,1-2H3,(H2,58,75)(H,61,77)(H,62,78)(H,68,79)/t26-,33-,34-,40-,44-,45-,46+/m0/s1. The molecule has 446 valence electrons. The van der Waals surface area contributed by atoms with Crippen molar-refractivity contribution in [1.82, 2.24) is 65.6 Å². The number of aliphatic hydroxyl groups is 2. The number of primary amides is 1. The number of hydrogen-bond acceptors (Lipinski definition) is 24. The van der Waals surface area contributed by atoms with Crippen LogP contribution in [0.2, 0.25) is 0 Å². The Labute approximate surface area is 519 Å². The molecule has 24 nitrogen and oxygen atoms in total. The van der Waals surface area contributed by atoms with Gasteiger partial charge in [0, 0.05) is 82.4 Å². The number of aromatic nitrogens is 7. The van der Waals surface area contributed by atoms with Crippen LogP contribution >= 0.6 is 68.0 Å². The van der Waals surface area contributed by atoms with Crippen molar-refractivity contribution >= 4 is 103 Å². The number of phenolic OH excluding ortho intramolecular Hbond substituents is 1. The van der Waals surface area contributed by atoms with Crippen LogP contribution in [0, 0.1) is 12.8 Å². The van der Waals surface area contributed by atoms with Crippen LogP contribution in [0.4, 0.5) is 0 Å². The van der Waals surface area contributed by atoms with Gasteiger partial charge >= 0.3 is 0 Å². The van der Waals surface area contributed by atoms with E-state index in [1.165, 1.54) is 56.4 Å². The molecule has 6 amide bonds. The monoisotopic (exact) mass is 1280 g/mol. The summed E-state index contributed by atoms with van der Waals surface area (Å²) in [5.41, 5.74) is 9.02. The third kappa shape index (κ3) is 12.4. The predicted octanol–water partition coefficient (Wildman–Crippen LogP) is 5.92. The van der Waals surface area contributed by atoms with E-state index in [2.05, 4.69) is 25.9 Å². The SMILES string of the molecule is Cc1sc2nc1C(=O)N[C@@H]([C@H](O)c1ccccc1)c1nc(cs1)C(=O)N[C@@H](Cc1ccc(O)cc1)C(=O)N1C[C@H](O)[C@H](C)[C@H]1c1nc(cs1)-c1nc(cs1)-c1nc(-c3nc(C(=O)N4CCN(N)CC4)cs3)ccc1-c1nc(cs1)C(=O)N[C@H]2CC(N)=O. The predicted molar refractivity (Wildman–Crippen MR) is 328 cm³/mol. The number of carbonyl (C=O) groups is 6. The van der Waals surface area contributed by atoms with Gasteiger partial charge in [0.05, 0.1) is 30.3 Å². The average Bonchev–Trinajstić information content (AvgIpc) is 3.27. The van der Waals surface area contributed by atoms with E-state index in [-0.39, 0.29) is 57.4 Å². The molecule has 2 saturated heterocycles. The van der Waals surface area contributed by atoms with Crippen molar-refractivity contribution in [2.45, 2.75) is 63.1 Å². The van der Waals surface area contributed by atoms with Crippen LogP contribution in [0.15, 0.2) is 93.6 Å². The van der Waals surface area contributed by atoms with Crippen molar-refractivity contribution in [3.8, 4) is 49.1 Å². The van der Waals surface area contributed by atoms with Crippen LogP contribution in [-0.4, -0.2) is 145 Å². The highest BCUT2D eigenvalue weighted by molar-refractivity contribution is 7.15. The number of nitrogens with one attached hydrogen (secondary N) is 3. The normalized spacial score (nSPS) is 20.7. The number of amides is 6. The molecule has 3 aliphatic rings. The lowest BCUT2D eigenvalue weighted by Crippen LogP contribution is -2.51. The van der Waals surface area contributed by atoms with Crippen molar-refractivity contribution in [2.24, 2.45) is 17.5 Å². The van der Waals surface area contributed by atoms with E-state index in [0.29, 0.717) is 90.6 Å².